The molecule has 1 unspecified atom stereocenters. The molecule has 0 aromatic carbocycles. The second-order valence-electron chi connectivity index (χ2n) is 6.98. The number of hydrogen-bond acceptors (Lipinski definition) is 7. The molecule has 4 N–H and O–H groups in total. The smallest absolute Gasteiger partial charge is 0.407 e. The van der Waals surface area contributed by atoms with E-state index in [1.165, 1.54) is 9.80 Å². The van der Waals surface area contributed by atoms with Crippen molar-refractivity contribution in [2.75, 3.05) is 73.5 Å². The predicted octanol–water partition coefficient (Wildman–Crippen LogP) is 0.488. The lowest BCUT2D eigenvalue weighted by atomic mass is 10.1. The molecule has 1 atom stereocenters. The van der Waals surface area contributed by atoms with Gasteiger partial charge in [-0.15, -0.1) is 0 Å². The van der Waals surface area contributed by atoms with Gasteiger partial charge in [0, 0.05) is 58.8 Å². The van der Waals surface area contributed by atoms with Crippen molar-refractivity contribution in [1.82, 2.24) is 24.9 Å². The summed E-state index contributed by atoms with van der Waals surface area (Å²) in [5, 5.41) is 31.0. The third-order valence-electron chi connectivity index (χ3n) is 4.64. The number of carboxylic acid groups (broad SMARTS) is 3. The molecule has 12 heteroatoms. The fraction of sp³-hybridized carbons (Fsp3) is 0.800. The van der Waals surface area contributed by atoms with Crippen LogP contribution in [0, 0.1) is 0 Å². The van der Waals surface area contributed by atoms with Crippen LogP contribution in [0.3, 0.4) is 0 Å². The van der Waals surface area contributed by atoms with E-state index in [9.17, 15) is 34.5 Å². The van der Waals surface area contributed by atoms with Crippen molar-refractivity contribution in [2.24, 2.45) is 0 Å². The van der Waals surface area contributed by atoms with E-state index in [0.29, 0.717) is 19.4 Å². The monoisotopic (exact) mass is 463 g/mol. The molecule has 1 aliphatic rings. The number of aliphatic carboxylic acids is 1. The lowest BCUT2D eigenvalue weighted by molar-refractivity contribution is -0.143. The van der Waals surface area contributed by atoms with Crippen molar-refractivity contribution in [2.45, 2.75) is 32.7 Å². The van der Waals surface area contributed by atoms with Crippen molar-refractivity contribution in [3.63, 3.8) is 0 Å². The summed E-state index contributed by atoms with van der Waals surface area (Å²) < 4.78 is 0. The van der Waals surface area contributed by atoms with Crippen LogP contribution in [0.2, 0.25) is 0 Å². The van der Waals surface area contributed by atoms with Crippen LogP contribution in [0.5, 0.6) is 0 Å². The van der Waals surface area contributed by atoms with Crippen molar-refractivity contribution in [3.8, 4) is 0 Å². The maximum Gasteiger partial charge on any atom is 0.407 e. The normalized spacial score (nSPS) is 17.3. The summed E-state index contributed by atoms with van der Waals surface area (Å²) in [5.74, 6) is -1.12. The minimum atomic E-state index is -1.12. The number of carbonyl (C=O) groups is 4. The molecular weight excluding hydrogens is 422 g/mol. The first kappa shape index (κ1) is 31.7. The Morgan fingerprint density at radius 1 is 0.844 bits per heavy atom. The van der Waals surface area contributed by atoms with Gasteiger partial charge in [-0.1, -0.05) is 13.8 Å². The summed E-state index contributed by atoms with van der Waals surface area (Å²) in [6.45, 7) is 5.82. The second-order valence-corrected chi connectivity index (χ2v) is 6.98. The molecule has 0 spiro atoms. The zero-order valence-corrected chi connectivity index (χ0v) is 20.0. The number of carboxylic acids is 1. The highest BCUT2D eigenvalue weighted by Gasteiger charge is 2.27. The number of aldehydes is 1. The Bertz CT molecular complexity index is 520. The second kappa shape index (κ2) is 19.3. The summed E-state index contributed by atoms with van der Waals surface area (Å²) in [5.41, 5.74) is 0. The molecule has 1 aliphatic heterocycles. The first-order valence-corrected chi connectivity index (χ1v) is 10.8. The van der Waals surface area contributed by atoms with Gasteiger partial charge in [-0.3, -0.25) is 9.69 Å². The van der Waals surface area contributed by atoms with Crippen LogP contribution in [0.25, 0.3) is 0 Å². The van der Waals surface area contributed by atoms with Gasteiger partial charge in [0.05, 0.1) is 0 Å². The van der Waals surface area contributed by atoms with Gasteiger partial charge in [0.25, 0.3) is 0 Å². The van der Waals surface area contributed by atoms with E-state index in [4.69, 9.17) is 0 Å². The topological polar surface area (TPSA) is 154 Å². The summed E-state index contributed by atoms with van der Waals surface area (Å²) in [7, 11) is 5.54. The van der Waals surface area contributed by atoms with Crippen molar-refractivity contribution < 1.29 is 34.5 Å². The number of hydrogen-bond donors (Lipinski definition) is 4. The third-order valence-corrected chi connectivity index (χ3v) is 4.64. The number of carbonyl (C=O) groups excluding carboxylic acids is 1. The zero-order chi connectivity index (χ0) is 25.1. The van der Waals surface area contributed by atoms with E-state index in [1.807, 2.05) is 32.8 Å². The van der Waals surface area contributed by atoms with Gasteiger partial charge in [-0.05, 0) is 27.6 Å². The molecule has 0 saturated carbocycles. The molecule has 2 amide bonds. The number of likely N-dealkylation sites (N-methyl/N-ethyl adjacent to an activating group) is 1. The lowest BCUT2D eigenvalue weighted by Gasteiger charge is -2.34. The van der Waals surface area contributed by atoms with Crippen LogP contribution < -0.4 is 5.32 Å². The van der Waals surface area contributed by atoms with Gasteiger partial charge in [-0.25, -0.2) is 9.59 Å². The molecule has 188 valence electrons. The van der Waals surface area contributed by atoms with Crippen LogP contribution in [0.4, 0.5) is 9.59 Å². The number of nitrogens with one attached hydrogen (secondary N) is 1. The van der Waals surface area contributed by atoms with E-state index < -0.39 is 24.2 Å². The maximum atomic E-state index is 11.6. The highest BCUT2D eigenvalue weighted by molar-refractivity contribution is 5.74. The van der Waals surface area contributed by atoms with Crippen LogP contribution in [0.1, 0.15) is 26.7 Å². The van der Waals surface area contributed by atoms with Gasteiger partial charge < -0.3 is 40.1 Å². The van der Waals surface area contributed by atoms with Crippen LogP contribution in [-0.4, -0.2) is 139 Å². The third kappa shape index (κ3) is 13.8. The largest absolute Gasteiger partial charge is 0.480 e. The van der Waals surface area contributed by atoms with E-state index in [1.54, 1.807) is 11.9 Å². The molecule has 1 rings (SSSR count). The first-order valence-electron chi connectivity index (χ1n) is 10.8. The van der Waals surface area contributed by atoms with Gasteiger partial charge in [0.1, 0.15) is 12.3 Å². The van der Waals surface area contributed by atoms with Crippen molar-refractivity contribution in [3.05, 3.63) is 0 Å². The first-order chi connectivity index (χ1) is 15.2. The van der Waals surface area contributed by atoms with Crippen molar-refractivity contribution in [1.29, 1.82) is 0 Å². The number of nitrogens with zero attached hydrogens (tertiary/aromatic N) is 4. The maximum absolute atomic E-state index is 11.6. The average Bonchev–Trinajstić information content (AvgIpc) is 2.73. The predicted molar refractivity (Wildman–Crippen MR) is 121 cm³/mol. The van der Waals surface area contributed by atoms with Crippen LogP contribution >= 0.6 is 0 Å². The Labute approximate surface area is 190 Å². The molecular formula is C20H41N5O7. The summed E-state index contributed by atoms with van der Waals surface area (Å²) in [4.78, 5) is 51.0. The Morgan fingerprint density at radius 2 is 1.22 bits per heavy atom. The number of amides is 2. The minimum absolute atomic E-state index is 0.0591. The molecule has 1 saturated heterocycles. The van der Waals surface area contributed by atoms with Gasteiger partial charge in [-0.2, -0.15) is 0 Å². The lowest BCUT2D eigenvalue weighted by Crippen LogP contribution is -2.51. The van der Waals surface area contributed by atoms with Crippen molar-refractivity contribution >= 4 is 24.4 Å². The van der Waals surface area contributed by atoms with E-state index in [2.05, 4.69) is 5.32 Å². The Morgan fingerprint density at radius 3 is 1.53 bits per heavy atom. The summed E-state index contributed by atoms with van der Waals surface area (Å²) in [6, 6.07) is -0.980. The van der Waals surface area contributed by atoms with Gasteiger partial charge in [0.2, 0.25) is 0 Å². The Kier molecular flexibility index (Phi) is 19.1. The van der Waals surface area contributed by atoms with E-state index in [-0.39, 0.29) is 52.1 Å². The van der Waals surface area contributed by atoms with Crippen LogP contribution in [-0.2, 0) is 9.59 Å². The molecule has 0 aromatic rings. The van der Waals surface area contributed by atoms with E-state index in [0.717, 1.165) is 0 Å². The molecule has 32 heavy (non-hydrogen) atoms. The minimum Gasteiger partial charge on any atom is -0.480 e. The molecule has 0 radical (unpaired) electrons. The van der Waals surface area contributed by atoms with E-state index >= 15 is 0 Å². The molecule has 12 nitrogen and oxygen atoms in total. The quantitative estimate of drug-likeness (QED) is 0.423. The highest BCUT2D eigenvalue weighted by Crippen LogP contribution is 2.09. The average molecular weight is 464 g/mol. The SMILES string of the molecule is CC.CN1CCN(C(=O)O)CCN(C(CCC=O)C(=O)O)CCN(C(=O)O)CC1.CNC. The Hall–Kier alpha value is -2.44. The van der Waals surface area contributed by atoms with Crippen LogP contribution in [0.15, 0.2) is 0 Å². The standard InChI is InChI=1S/C16H28N4O7.C2H7N.C2H6/c1-17-4-6-19(15(24)25)10-8-18(13(14(22)23)3-2-12-21)9-11-20(7-5-17)16(26)27;1-3-2;1-2/h12-13H,2-11H2,1H3,(H,22,23)(H,24,25)(H,26,27);3H,1-2H3;1-2H3. The highest BCUT2D eigenvalue weighted by atomic mass is 16.4. The summed E-state index contributed by atoms with van der Waals surface area (Å²) >= 11 is 0. The van der Waals surface area contributed by atoms with Gasteiger partial charge in [0.15, 0.2) is 0 Å². The fourth-order valence-corrected chi connectivity index (χ4v) is 2.91. The molecule has 1 heterocycles. The molecule has 1 fully saturated rings. The molecule has 0 aliphatic carbocycles. The molecule has 0 bridgehead atoms. The summed E-state index contributed by atoms with van der Waals surface area (Å²) in [6.07, 6.45) is -1.40. The fourth-order valence-electron chi connectivity index (χ4n) is 2.91. The zero-order valence-electron chi connectivity index (χ0n) is 20.0. The Balaban J connectivity index is 0. The number of rotatable bonds is 5. The molecule has 0 aromatic heterocycles. The van der Waals surface area contributed by atoms with Gasteiger partial charge >= 0.3 is 18.2 Å².